The molecule has 0 unspecified atom stereocenters. The van der Waals surface area contributed by atoms with E-state index in [1.165, 1.54) is 19.0 Å². The highest BCUT2D eigenvalue weighted by Crippen LogP contribution is 2.25. The normalized spacial score (nSPS) is 16.6. The first kappa shape index (κ1) is 11.8. The van der Waals surface area contributed by atoms with Crippen molar-refractivity contribution >= 4 is 29.0 Å². The highest BCUT2D eigenvalue weighted by atomic mass is 35.5. The maximum absolute atomic E-state index is 12.2. The summed E-state index contributed by atoms with van der Waals surface area (Å²) in [5.41, 5.74) is 0. The molecule has 0 atom stereocenters. The maximum Gasteiger partial charge on any atom is 0.267 e. The zero-order chi connectivity index (χ0) is 11.4. The van der Waals surface area contributed by atoms with Crippen LogP contribution in [0.1, 0.15) is 35.4 Å². The van der Waals surface area contributed by atoms with E-state index in [-0.39, 0.29) is 5.91 Å². The van der Waals surface area contributed by atoms with Crippen LogP contribution in [0.4, 0.5) is 0 Å². The average molecular weight is 260 g/mol. The Morgan fingerprint density at radius 1 is 1.56 bits per heavy atom. The molecular weight excluding hydrogens is 246 g/mol. The third-order valence-corrected chi connectivity index (χ3v) is 3.75. The predicted octanol–water partition coefficient (Wildman–Crippen LogP) is 2.16. The van der Waals surface area contributed by atoms with Gasteiger partial charge in [-0.1, -0.05) is 17.3 Å². The van der Waals surface area contributed by atoms with Crippen LogP contribution in [-0.4, -0.2) is 38.9 Å². The molecule has 1 aliphatic carbocycles. The van der Waals surface area contributed by atoms with Crippen molar-refractivity contribution in [2.75, 3.05) is 12.4 Å². The first-order valence-electron chi connectivity index (χ1n) is 5.47. The average Bonchev–Trinajstić information content (AvgIpc) is 2.96. The molecule has 0 radical (unpaired) electrons. The summed E-state index contributed by atoms with van der Waals surface area (Å²) in [5, 5.41) is 3.70. The van der Waals surface area contributed by atoms with Gasteiger partial charge in [-0.05, 0) is 24.4 Å². The van der Waals surface area contributed by atoms with Gasteiger partial charge < -0.3 is 4.90 Å². The summed E-state index contributed by atoms with van der Waals surface area (Å²) >= 11 is 6.91. The Bertz CT molecular complexity index is 338. The second kappa shape index (κ2) is 5.59. The number of aromatic nitrogens is 2. The Labute approximate surface area is 104 Å². The van der Waals surface area contributed by atoms with E-state index in [9.17, 15) is 4.79 Å². The van der Waals surface area contributed by atoms with Gasteiger partial charge in [0.1, 0.15) is 4.88 Å². The number of hydrogen-bond donors (Lipinski definition) is 0. The van der Waals surface area contributed by atoms with Gasteiger partial charge in [-0.25, -0.2) is 0 Å². The van der Waals surface area contributed by atoms with Crippen LogP contribution < -0.4 is 0 Å². The Kier molecular flexibility index (Phi) is 4.12. The van der Waals surface area contributed by atoms with Gasteiger partial charge in [-0.3, -0.25) is 4.79 Å². The Morgan fingerprint density at radius 3 is 2.88 bits per heavy atom. The lowest BCUT2D eigenvalue weighted by molar-refractivity contribution is 0.0700. The minimum Gasteiger partial charge on any atom is -0.334 e. The quantitative estimate of drug-likeness (QED) is 0.779. The van der Waals surface area contributed by atoms with Crippen molar-refractivity contribution in [3.63, 3.8) is 0 Å². The van der Waals surface area contributed by atoms with E-state index in [1.807, 2.05) is 4.90 Å². The third kappa shape index (κ3) is 2.52. The second-order valence-corrected chi connectivity index (χ2v) is 5.07. The fourth-order valence-electron chi connectivity index (χ4n) is 2.16. The Hall–Kier alpha value is -0.680. The molecule has 0 N–H and O–H groups in total. The summed E-state index contributed by atoms with van der Waals surface area (Å²) in [5.74, 6) is 0.511. The lowest BCUT2D eigenvalue weighted by Gasteiger charge is -2.27. The summed E-state index contributed by atoms with van der Waals surface area (Å²) in [6.45, 7) is 0.614. The van der Waals surface area contributed by atoms with E-state index in [0.29, 0.717) is 23.3 Å². The van der Waals surface area contributed by atoms with Gasteiger partial charge in [-0.15, -0.1) is 16.7 Å². The maximum atomic E-state index is 12.2. The summed E-state index contributed by atoms with van der Waals surface area (Å²) in [7, 11) is 0. The molecule has 1 aliphatic rings. The monoisotopic (exact) mass is 259 g/mol. The molecule has 0 spiro atoms. The minimum atomic E-state index is 0.0301. The van der Waals surface area contributed by atoms with Crippen molar-refractivity contribution < 1.29 is 4.79 Å². The topological polar surface area (TPSA) is 46.1 Å². The highest BCUT2D eigenvalue weighted by Gasteiger charge is 2.27. The van der Waals surface area contributed by atoms with E-state index in [2.05, 4.69) is 9.59 Å². The van der Waals surface area contributed by atoms with Gasteiger partial charge >= 0.3 is 0 Å². The zero-order valence-electron chi connectivity index (χ0n) is 8.93. The first-order chi connectivity index (χ1) is 7.83. The number of rotatable bonds is 4. The van der Waals surface area contributed by atoms with Crippen LogP contribution in [0.2, 0.25) is 0 Å². The molecule has 4 nitrogen and oxygen atoms in total. The van der Waals surface area contributed by atoms with Gasteiger partial charge in [0.15, 0.2) is 0 Å². The van der Waals surface area contributed by atoms with Crippen LogP contribution >= 0.6 is 23.1 Å². The van der Waals surface area contributed by atoms with Gasteiger partial charge in [0.2, 0.25) is 0 Å². The van der Waals surface area contributed by atoms with Crippen molar-refractivity contribution in [1.82, 2.24) is 14.5 Å². The molecule has 1 fully saturated rings. The van der Waals surface area contributed by atoms with Crippen molar-refractivity contribution in [3.8, 4) is 0 Å². The minimum absolute atomic E-state index is 0.0301. The molecule has 1 amide bonds. The molecule has 88 valence electrons. The molecule has 1 aromatic rings. The third-order valence-electron chi connectivity index (χ3n) is 2.92. The van der Waals surface area contributed by atoms with Crippen molar-refractivity contribution in [2.45, 2.75) is 31.7 Å². The van der Waals surface area contributed by atoms with Gasteiger partial charge in [0.05, 0.1) is 6.20 Å². The van der Waals surface area contributed by atoms with Crippen LogP contribution in [-0.2, 0) is 0 Å². The number of amides is 1. The summed E-state index contributed by atoms with van der Waals surface area (Å²) < 4.78 is 3.72. The zero-order valence-corrected chi connectivity index (χ0v) is 10.5. The predicted molar refractivity (Wildman–Crippen MR) is 63.9 cm³/mol. The summed E-state index contributed by atoms with van der Waals surface area (Å²) in [4.78, 5) is 14.7. The smallest absolute Gasteiger partial charge is 0.267 e. The molecule has 0 aromatic carbocycles. The number of halogens is 1. The second-order valence-electron chi connectivity index (χ2n) is 3.91. The Morgan fingerprint density at radius 2 is 2.31 bits per heavy atom. The molecule has 0 aliphatic heterocycles. The van der Waals surface area contributed by atoms with E-state index < -0.39 is 0 Å². The van der Waals surface area contributed by atoms with Crippen molar-refractivity contribution in [2.24, 2.45) is 0 Å². The lowest BCUT2D eigenvalue weighted by Crippen LogP contribution is -2.39. The number of carbonyl (C=O) groups excluding carboxylic acids is 1. The molecule has 1 heterocycles. The fourth-order valence-corrected chi connectivity index (χ4v) is 2.81. The number of alkyl halides is 1. The largest absolute Gasteiger partial charge is 0.334 e. The molecular formula is C10H14ClN3OS. The standard InChI is InChI=1S/C10H14ClN3OS/c11-5-6-14(8-3-1-2-4-8)10(15)9-7-12-13-16-9/h7-8H,1-6H2. The SMILES string of the molecule is O=C(c1cnns1)N(CCCl)C1CCCC1. The van der Waals surface area contributed by atoms with Crippen LogP contribution in [0.3, 0.4) is 0 Å². The van der Waals surface area contributed by atoms with Crippen LogP contribution in [0.25, 0.3) is 0 Å². The molecule has 6 heteroatoms. The van der Waals surface area contributed by atoms with E-state index in [0.717, 1.165) is 24.4 Å². The molecule has 0 bridgehead atoms. The molecule has 1 saturated carbocycles. The summed E-state index contributed by atoms with van der Waals surface area (Å²) in [6.07, 6.45) is 6.13. The van der Waals surface area contributed by atoms with E-state index in [1.54, 1.807) is 0 Å². The van der Waals surface area contributed by atoms with Gasteiger partial charge in [0, 0.05) is 18.5 Å². The first-order valence-corrected chi connectivity index (χ1v) is 6.78. The van der Waals surface area contributed by atoms with Crippen LogP contribution in [0, 0.1) is 0 Å². The number of nitrogens with zero attached hydrogens (tertiary/aromatic N) is 3. The van der Waals surface area contributed by atoms with Crippen molar-refractivity contribution in [3.05, 3.63) is 11.1 Å². The van der Waals surface area contributed by atoms with Gasteiger partial charge in [-0.2, -0.15) is 0 Å². The number of hydrogen-bond acceptors (Lipinski definition) is 4. The molecule has 0 saturated heterocycles. The lowest BCUT2D eigenvalue weighted by atomic mass is 10.2. The fraction of sp³-hybridized carbons (Fsp3) is 0.700. The molecule has 2 rings (SSSR count). The van der Waals surface area contributed by atoms with Crippen molar-refractivity contribution in [1.29, 1.82) is 0 Å². The summed E-state index contributed by atoms with van der Waals surface area (Å²) in [6, 6.07) is 0.355. The van der Waals surface area contributed by atoms with E-state index in [4.69, 9.17) is 11.6 Å². The Balaban J connectivity index is 2.09. The molecule has 16 heavy (non-hydrogen) atoms. The van der Waals surface area contributed by atoms with Gasteiger partial charge in [0.25, 0.3) is 5.91 Å². The van der Waals surface area contributed by atoms with E-state index >= 15 is 0 Å². The highest BCUT2D eigenvalue weighted by molar-refractivity contribution is 7.07. The van der Waals surface area contributed by atoms with Crippen LogP contribution in [0.5, 0.6) is 0 Å². The number of carbonyl (C=O) groups is 1. The molecule has 1 aromatic heterocycles. The van der Waals surface area contributed by atoms with Crippen LogP contribution in [0.15, 0.2) is 6.20 Å².